The lowest BCUT2D eigenvalue weighted by Crippen LogP contribution is -2.19. The van der Waals surface area contributed by atoms with Crippen LogP contribution in [0.1, 0.15) is 6.42 Å². The van der Waals surface area contributed by atoms with Gasteiger partial charge in [-0.2, -0.15) is 0 Å². The van der Waals surface area contributed by atoms with Crippen molar-refractivity contribution in [1.29, 1.82) is 0 Å². The Balaban J connectivity index is 2.17. The number of sulfonamides is 1. The molecule has 21 heavy (non-hydrogen) atoms. The van der Waals surface area contributed by atoms with E-state index in [2.05, 4.69) is 4.72 Å². The average Bonchev–Trinajstić information content (AvgIpc) is 2.48. The third kappa shape index (κ3) is 4.77. The van der Waals surface area contributed by atoms with Crippen molar-refractivity contribution in [2.24, 2.45) is 5.73 Å². The normalized spacial score (nSPS) is 11.1. The minimum absolute atomic E-state index is 0.0107. The lowest BCUT2D eigenvalue weighted by molar-refractivity contribution is 0.485. The first kappa shape index (κ1) is 15.3. The Bertz CT molecular complexity index is 672. The van der Waals surface area contributed by atoms with Gasteiger partial charge in [0.15, 0.2) is 5.75 Å². The van der Waals surface area contributed by atoms with Crippen molar-refractivity contribution >= 4 is 15.7 Å². The molecule has 0 amide bonds. The van der Waals surface area contributed by atoms with Gasteiger partial charge in [0.1, 0.15) is 5.75 Å². The van der Waals surface area contributed by atoms with Crippen LogP contribution in [0.2, 0.25) is 0 Å². The minimum atomic E-state index is -3.42. The van der Waals surface area contributed by atoms with Gasteiger partial charge in [-0.3, -0.25) is 4.72 Å². The second-order valence-electron chi connectivity index (χ2n) is 4.47. The SMILES string of the molecule is NCCCS(=O)(=O)Nc1ccccc1Oc1ccccc1. The smallest absolute Gasteiger partial charge is 0.232 e. The predicted octanol–water partition coefficient (Wildman–Crippen LogP) is 2.57. The molecule has 0 aliphatic rings. The first-order valence-electron chi connectivity index (χ1n) is 6.63. The maximum Gasteiger partial charge on any atom is 0.232 e. The number of anilines is 1. The molecule has 0 saturated carbocycles. The Hall–Kier alpha value is -2.05. The summed E-state index contributed by atoms with van der Waals surface area (Å²) in [5.41, 5.74) is 5.76. The first-order valence-corrected chi connectivity index (χ1v) is 8.28. The van der Waals surface area contributed by atoms with Crippen LogP contribution in [0.5, 0.6) is 11.5 Å². The van der Waals surface area contributed by atoms with E-state index in [-0.39, 0.29) is 5.75 Å². The summed E-state index contributed by atoms with van der Waals surface area (Å²) < 4.78 is 32.1. The zero-order valence-corrected chi connectivity index (χ0v) is 12.3. The molecule has 0 saturated heterocycles. The third-order valence-corrected chi connectivity index (χ3v) is 4.10. The van der Waals surface area contributed by atoms with Crippen LogP contribution in [0, 0.1) is 0 Å². The Kier molecular flexibility index (Phi) is 5.19. The standard InChI is InChI=1S/C15H18N2O3S/c16-11-6-12-21(18,19)17-14-9-4-5-10-15(14)20-13-7-2-1-3-8-13/h1-5,7-10,17H,6,11-12,16H2. The zero-order valence-electron chi connectivity index (χ0n) is 11.5. The third-order valence-electron chi connectivity index (χ3n) is 2.74. The molecule has 112 valence electrons. The van der Waals surface area contributed by atoms with Crippen LogP contribution in [0.3, 0.4) is 0 Å². The molecule has 2 aromatic carbocycles. The summed E-state index contributed by atoms with van der Waals surface area (Å²) in [7, 11) is -3.42. The highest BCUT2D eigenvalue weighted by Crippen LogP contribution is 2.29. The van der Waals surface area contributed by atoms with E-state index < -0.39 is 10.0 Å². The molecular formula is C15H18N2O3S. The molecule has 5 nitrogen and oxygen atoms in total. The van der Waals surface area contributed by atoms with Gasteiger partial charge in [-0.25, -0.2) is 8.42 Å². The van der Waals surface area contributed by atoms with Crippen molar-refractivity contribution in [3.05, 3.63) is 54.6 Å². The van der Waals surface area contributed by atoms with Gasteiger partial charge in [0.2, 0.25) is 10.0 Å². The van der Waals surface area contributed by atoms with Crippen molar-refractivity contribution in [2.75, 3.05) is 17.0 Å². The molecule has 0 radical (unpaired) electrons. The van der Waals surface area contributed by atoms with Crippen molar-refractivity contribution < 1.29 is 13.2 Å². The molecule has 0 atom stereocenters. The van der Waals surface area contributed by atoms with Crippen LogP contribution in [0.15, 0.2) is 54.6 Å². The fourth-order valence-electron chi connectivity index (χ4n) is 1.75. The van der Waals surface area contributed by atoms with Crippen LogP contribution < -0.4 is 15.2 Å². The average molecular weight is 306 g/mol. The highest BCUT2D eigenvalue weighted by molar-refractivity contribution is 7.92. The lowest BCUT2D eigenvalue weighted by Gasteiger charge is -2.13. The fourth-order valence-corrected chi connectivity index (χ4v) is 2.90. The second kappa shape index (κ2) is 7.10. The lowest BCUT2D eigenvalue weighted by atomic mass is 10.3. The van der Waals surface area contributed by atoms with Crippen LogP contribution in [-0.2, 0) is 10.0 Å². The van der Waals surface area contributed by atoms with Gasteiger partial charge < -0.3 is 10.5 Å². The predicted molar refractivity (Wildman–Crippen MR) is 84.0 cm³/mol. The molecule has 0 aliphatic heterocycles. The quantitative estimate of drug-likeness (QED) is 0.823. The van der Waals surface area contributed by atoms with E-state index in [0.29, 0.717) is 30.2 Å². The van der Waals surface area contributed by atoms with E-state index in [1.165, 1.54) is 0 Å². The summed E-state index contributed by atoms with van der Waals surface area (Å²) in [6.45, 7) is 0.336. The summed E-state index contributed by atoms with van der Waals surface area (Å²) in [4.78, 5) is 0. The summed E-state index contributed by atoms with van der Waals surface area (Å²) in [6.07, 6.45) is 0.414. The first-order chi connectivity index (χ1) is 10.1. The minimum Gasteiger partial charge on any atom is -0.455 e. The summed E-state index contributed by atoms with van der Waals surface area (Å²) in [6, 6.07) is 16.1. The van der Waals surface area contributed by atoms with Gasteiger partial charge in [-0.1, -0.05) is 30.3 Å². The monoisotopic (exact) mass is 306 g/mol. The van der Waals surface area contributed by atoms with Crippen molar-refractivity contribution in [3.63, 3.8) is 0 Å². The van der Waals surface area contributed by atoms with E-state index in [1.54, 1.807) is 36.4 Å². The largest absolute Gasteiger partial charge is 0.455 e. The number of hydrogen-bond acceptors (Lipinski definition) is 4. The summed E-state index contributed by atoms with van der Waals surface area (Å²) in [5, 5.41) is 0. The van der Waals surface area contributed by atoms with E-state index in [0.717, 1.165) is 0 Å². The molecule has 2 aromatic rings. The summed E-state index contributed by atoms with van der Waals surface area (Å²) in [5.74, 6) is 1.09. The molecule has 3 N–H and O–H groups in total. The summed E-state index contributed by atoms with van der Waals surface area (Å²) >= 11 is 0. The molecule has 0 aromatic heterocycles. The Morgan fingerprint density at radius 2 is 1.67 bits per heavy atom. The number of ether oxygens (including phenoxy) is 1. The van der Waals surface area contributed by atoms with Gasteiger partial charge in [0, 0.05) is 0 Å². The van der Waals surface area contributed by atoms with E-state index in [4.69, 9.17) is 10.5 Å². The molecule has 0 spiro atoms. The van der Waals surface area contributed by atoms with Gasteiger partial charge >= 0.3 is 0 Å². The highest BCUT2D eigenvalue weighted by atomic mass is 32.2. The number of hydrogen-bond donors (Lipinski definition) is 2. The topological polar surface area (TPSA) is 81.4 Å². The van der Waals surface area contributed by atoms with Crippen LogP contribution in [0.25, 0.3) is 0 Å². The van der Waals surface area contributed by atoms with Crippen molar-refractivity contribution in [1.82, 2.24) is 0 Å². The van der Waals surface area contributed by atoms with Crippen molar-refractivity contribution in [3.8, 4) is 11.5 Å². The number of nitrogens with two attached hydrogens (primary N) is 1. The maximum atomic E-state index is 11.9. The molecule has 0 heterocycles. The Morgan fingerprint density at radius 1 is 1.00 bits per heavy atom. The molecule has 2 rings (SSSR count). The molecule has 0 unspecified atom stereocenters. The molecule has 6 heteroatoms. The highest BCUT2D eigenvalue weighted by Gasteiger charge is 2.13. The van der Waals surface area contributed by atoms with E-state index >= 15 is 0 Å². The van der Waals surface area contributed by atoms with Crippen LogP contribution in [0.4, 0.5) is 5.69 Å². The van der Waals surface area contributed by atoms with Crippen LogP contribution in [-0.4, -0.2) is 20.7 Å². The molecule has 0 bridgehead atoms. The Morgan fingerprint density at radius 3 is 2.38 bits per heavy atom. The van der Waals surface area contributed by atoms with Crippen LogP contribution >= 0.6 is 0 Å². The van der Waals surface area contributed by atoms with Gasteiger partial charge in [0.05, 0.1) is 11.4 Å². The van der Waals surface area contributed by atoms with Gasteiger partial charge in [-0.15, -0.1) is 0 Å². The van der Waals surface area contributed by atoms with Gasteiger partial charge in [-0.05, 0) is 37.2 Å². The fraction of sp³-hybridized carbons (Fsp3) is 0.200. The van der Waals surface area contributed by atoms with E-state index in [9.17, 15) is 8.42 Å². The van der Waals surface area contributed by atoms with Crippen molar-refractivity contribution in [2.45, 2.75) is 6.42 Å². The zero-order chi connectivity index (χ0) is 15.1. The second-order valence-corrected chi connectivity index (χ2v) is 6.32. The van der Waals surface area contributed by atoms with E-state index in [1.807, 2.05) is 18.2 Å². The van der Waals surface area contributed by atoms with Gasteiger partial charge in [0.25, 0.3) is 0 Å². The molecule has 0 aliphatic carbocycles. The number of benzene rings is 2. The Labute approximate surface area is 124 Å². The molecule has 0 fully saturated rings. The number of rotatable bonds is 7. The maximum absolute atomic E-state index is 11.9. The number of nitrogens with one attached hydrogen (secondary N) is 1. The number of para-hydroxylation sites is 3. The molecular weight excluding hydrogens is 288 g/mol.